The Morgan fingerprint density at radius 3 is 1.80 bits per heavy atom. The highest BCUT2D eigenvalue weighted by Crippen LogP contribution is 2.31. The van der Waals surface area contributed by atoms with Gasteiger partial charge in [-0.05, 0) is 18.8 Å². The third-order valence-electron chi connectivity index (χ3n) is 5.83. The number of carbonyl (C=O) groups is 6. The maximum Gasteiger partial charge on any atom is 0.303 e. The SMILES string of the molecule is CC(=O)OC[C@H]1O[C@@H](O[C@@H](/C=C/C=C/CCC(C)C)[C@@H](COC(C)=O)OC(C)=O)[C@H](OC(C)=O)[C@@H](OC(C)=O)[C@H]1OC(C)=O. The molecule has 0 saturated carbocycles. The summed E-state index contributed by atoms with van der Waals surface area (Å²) in [6.45, 7) is 10.1. The molecule has 1 fully saturated rings. The lowest BCUT2D eigenvalue weighted by Crippen LogP contribution is -2.63. The van der Waals surface area contributed by atoms with E-state index in [-0.39, 0.29) is 0 Å². The maximum absolute atomic E-state index is 12.2. The third-order valence-corrected chi connectivity index (χ3v) is 5.83. The van der Waals surface area contributed by atoms with E-state index in [2.05, 4.69) is 13.8 Å². The Labute approximate surface area is 257 Å². The van der Waals surface area contributed by atoms with Crippen molar-refractivity contribution in [2.24, 2.45) is 5.92 Å². The summed E-state index contributed by atoms with van der Waals surface area (Å²) in [5, 5.41) is 0. The van der Waals surface area contributed by atoms with Crippen molar-refractivity contribution in [2.45, 2.75) is 111 Å². The Kier molecular flexibility index (Phi) is 16.9. The first-order valence-corrected chi connectivity index (χ1v) is 14.2. The first kappa shape index (κ1) is 38.2. The van der Waals surface area contributed by atoms with Gasteiger partial charge in [-0.15, -0.1) is 0 Å². The lowest BCUT2D eigenvalue weighted by Gasteiger charge is -2.45. The molecule has 14 heteroatoms. The number of carbonyl (C=O) groups excluding carboxylic acids is 6. The molecular formula is C30H44O14. The zero-order valence-electron chi connectivity index (χ0n) is 26.5. The van der Waals surface area contributed by atoms with Crippen molar-refractivity contribution in [3.8, 4) is 0 Å². The second-order valence-corrected chi connectivity index (χ2v) is 10.4. The van der Waals surface area contributed by atoms with Gasteiger partial charge < -0.3 is 37.9 Å². The molecule has 0 amide bonds. The van der Waals surface area contributed by atoms with E-state index in [9.17, 15) is 28.8 Å². The fraction of sp³-hybridized carbons (Fsp3) is 0.667. The summed E-state index contributed by atoms with van der Waals surface area (Å²) in [5.41, 5.74) is 0. The zero-order valence-corrected chi connectivity index (χ0v) is 26.5. The predicted octanol–water partition coefficient (Wildman–Crippen LogP) is 2.50. The molecule has 1 rings (SSSR count). The minimum atomic E-state index is -1.56. The van der Waals surface area contributed by atoms with E-state index in [0.29, 0.717) is 5.92 Å². The number of rotatable bonds is 16. The van der Waals surface area contributed by atoms with E-state index >= 15 is 0 Å². The molecule has 7 atom stereocenters. The Hall–Kier alpha value is -3.78. The van der Waals surface area contributed by atoms with E-state index in [1.807, 2.05) is 6.08 Å². The van der Waals surface area contributed by atoms with Gasteiger partial charge in [-0.25, -0.2) is 0 Å². The van der Waals surface area contributed by atoms with Crippen LogP contribution in [-0.2, 0) is 66.7 Å². The molecule has 1 saturated heterocycles. The Balaban J connectivity index is 3.62. The van der Waals surface area contributed by atoms with Crippen molar-refractivity contribution in [3.63, 3.8) is 0 Å². The lowest BCUT2D eigenvalue weighted by atomic mass is 9.98. The van der Waals surface area contributed by atoms with Gasteiger partial charge >= 0.3 is 35.8 Å². The topological polar surface area (TPSA) is 176 Å². The molecule has 1 aliphatic heterocycles. The van der Waals surface area contributed by atoms with Gasteiger partial charge in [0.25, 0.3) is 0 Å². The van der Waals surface area contributed by atoms with Gasteiger partial charge in [0.05, 0.1) is 0 Å². The van der Waals surface area contributed by atoms with Gasteiger partial charge in [-0.2, -0.15) is 0 Å². The van der Waals surface area contributed by atoms with E-state index in [4.69, 9.17) is 37.9 Å². The Morgan fingerprint density at radius 1 is 0.705 bits per heavy atom. The van der Waals surface area contributed by atoms with Crippen molar-refractivity contribution in [3.05, 3.63) is 24.3 Å². The van der Waals surface area contributed by atoms with Gasteiger partial charge in [0, 0.05) is 41.5 Å². The molecule has 0 radical (unpaired) electrons. The maximum atomic E-state index is 12.2. The molecule has 1 heterocycles. The van der Waals surface area contributed by atoms with Gasteiger partial charge in [0.2, 0.25) is 0 Å². The summed E-state index contributed by atoms with van der Waals surface area (Å²) < 4.78 is 44.0. The average Bonchev–Trinajstić information content (AvgIpc) is 2.88. The number of hydrogen-bond donors (Lipinski definition) is 0. The molecule has 14 nitrogen and oxygen atoms in total. The van der Waals surface area contributed by atoms with E-state index < -0.39 is 91.9 Å². The monoisotopic (exact) mass is 628 g/mol. The number of allylic oxidation sites excluding steroid dienone is 3. The van der Waals surface area contributed by atoms with Crippen LogP contribution in [0.5, 0.6) is 0 Å². The van der Waals surface area contributed by atoms with Crippen molar-refractivity contribution in [1.29, 1.82) is 0 Å². The van der Waals surface area contributed by atoms with Gasteiger partial charge in [0.15, 0.2) is 30.7 Å². The molecule has 0 N–H and O–H groups in total. The highest BCUT2D eigenvalue weighted by molar-refractivity contribution is 5.69. The highest BCUT2D eigenvalue weighted by atomic mass is 16.7. The standard InChI is InChI=1S/C30H44O14/c1-17(2)13-11-9-10-12-14-24(25(39-20(5)33)15-37-18(3)31)43-30-29(42-23(8)36)28(41-22(7)35)27(40-21(6)34)26(44-30)16-38-19(4)32/h9-10,12,14,17,24-30H,11,13,15-16H2,1-8H3/b10-9+,14-12+/t24-,25+,26+,27-,28-,29+,30+/m0/s1. The van der Waals surface area contributed by atoms with Crippen LogP contribution in [0.4, 0.5) is 0 Å². The van der Waals surface area contributed by atoms with Crippen LogP contribution in [0, 0.1) is 5.92 Å². The van der Waals surface area contributed by atoms with Crippen LogP contribution in [-0.4, -0.2) is 91.9 Å². The molecule has 0 unspecified atom stereocenters. The summed E-state index contributed by atoms with van der Waals surface area (Å²) in [7, 11) is 0. The summed E-state index contributed by atoms with van der Waals surface area (Å²) >= 11 is 0. The highest BCUT2D eigenvalue weighted by Gasteiger charge is 2.53. The van der Waals surface area contributed by atoms with Gasteiger partial charge in [-0.3, -0.25) is 28.8 Å². The summed E-state index contributed by atoms with van der Waals surface area (Å²) in [6.07, 6.45) is -1.02. The molecule has 0 aromatic heterocycles. The quantitative estimate of drug-likeness (QED) is 0.138. The predicted molar refractivity (Wildman–Crippen MR) is 151 cm³/mol. The van der Waals surface area contributed by atoms with Crippen molar-refractivity contribution in [2.75, 3.05) is 13.2 Å². The Bertz CT molecular complexity index is 1050. The van der Waals surface area contributed by atoms with E-state index in [1.165, 1.54) is 13.0 Å². The molecule has 0 aromatic carbocycles. The zero-order chi connectivity index (χ0) is 33.4. The lowest BCUT2D eigenvalue weighted by molar-refractivity contribution is -0.318. The van der Waals surface area contributed by atoms with Crippen molar-refractivity contribution < 1.29 is 66.7 Å². The number of esters is 6. The number of hydrogen-bond acceptors (Lipinski definition) is 14. The second kappa shape index (κ2) is 19.5. The van der Waals surface area contributed by atoms with Crippen LogP contribution in [0.1, 0.15) is 68.2 Å². The van der Waals surface area contributed by atoms with Crippen LogP contribution >= 0.6 is 0 Å². The minimum Gasteiger partial charge on any atom is -0.463 e. The largest absolute Gasteiger partial charge is 0.463 e. The smallest absolute Gasteiger partial charge is 0.303 e. The molecular weight excluding hydrogens is 584 g/mol. The summed E-state index contributed by atoms with van der Waals surface area (Å²) in [5.74, 6) is -3.96. The van der Waals surface area contributed by atoms with Crippen LogP contribution in [0.3, 0.4) is 0 Å². The normalized spacial score (nSPS) is 23.1. The minimum absolute atomic E-state index is 0.410. The Morgan fingerprint density at radius 2 is 1.27 bits per heavy atom. The first-order valence-electron chi connectivity index (χ1n) is 14.2. The van der Waals surface area contributed by atoms with Crippen LogP contribution in [0.15, 0.2) is 24.3 Å². The molecule has 44 heavy (non-hydrogen) atoms. The van der Waals surface area contributed by atoms with Crippen molar-refractivity contribution in [1.82, 2.24) is 0 Å². The fourth-order valence-electron chi connectivity index (χ4n) is 4.10. The molecule has 0 aliphatic carbocycles. The van der Waals surface area contributed by atoms with Crippen molar-refractivity contribution >= 4 is 35.8 Å². The molecule has 0 bridgehead atoms. The first-order chi connectivity index (χ1) is 20.6. The van der Waals surface area contributed by atoms with E-state index in [1.54, 1.807) is 12.2 Å². The second-order valence-electron chi connectivity index (χ2n) is 10.4. The summed E-state index contributed by atoms with van der Waals surface area (Å²) in [4.78, 5) is 71.5. The molecule has 1 aliphatic rings. The van der Waals surface area contributed by atoms with E-state index in [0.717, 1.165) is 47.5 Å². The van der Waals surface area contributed by atoms with Crippen LogP contribution < -0.4 is 0 Å². The summed E-state index contributed by atoms with van der Waals surface area (Å²) in [6, 6.07) is 0. The van der Waals surface area contributed by atoms with Gasteiger partial charge in [0.1, 0.15) is 25.4 Å². The molecule has 0 spiro atoms. The third kappa shape index (κ3) is 15.1. The van der Waals surface area contributed by atoms with Crippen LogP contribution in [0.2, 0.25) is 0 Å². The fourth-order valence-corrected chi connectivity index (χ4v) is 4.10. The molecule has 248 valence electrons. The average molecular weight is 629 g/mol. The number of ether oxygens (including phenoxy) is 8. The van der Waals surface area contributed by atoms with Crippen LogP contribution in [0.25, 0.3) is 0 Å². The van der Waals surface area contributed by atoms with Gasteiger partial charge in [-0.1, -0.05) is 38.2 Å². The molecule has 0 aromatic rings.